The molecule has 1 aromatic heterocycles. The van der Waals surface area contributed by atoms with E-state index in [0.29, 0.717) is 5.88 Å². The van der Waals surface area contributed by atoms with Crippen LogP contribution in [0.3, 0.4) is 0 Å². The van der Waals surface area contributed by atoms with Gasteiger partial charge in [0.05, 0.1) is 6.61 Å². The summed E-state index contributed by atoms with van der Waals surface area (Å²) in [5.41, 5.74) is 2.08. The number of benzene rings is 1. The summed E-state index contributed by atoms with van der Waals surface area (Å²) >= 11 is 11.0. The van der Waals surface area contributed by atoms with E-state index in [1.165, 1.54) is 4.70 Å². The number of aliphatic hydroxyl groups excluding tert-OH is 1. The first-order valence-electron chi connectivity index (χ1n) is 4.12. The molecule has 0 fully saturated rings. The van der Waals surface area contributed by atoms with Crippen molar-refractivity contribution in [2.24, 2.45) is 0 Å². The van der Waals surface area contributed by atoms with Gasteiger partial charge in [-0.15, -0.1) is 22.9 Å². The van der Waals surface area contributed by atoms with Crippen molar-refractivity contribution in [2.75, 3.05) is 0 Å². The molecule has 1 aromatic carbocycles. The molecule has 0 spiro atoms. The van der Waals surface area contributed by atoms with Crippen molar-refractivity contribution >= 4 is 49.0 Å². The molecule has 0 unspecified atom stereocenters. The lowest BCUT2D eigenvalue weighted by molar-refractivity contribution is 0.284. The highest BCUT2D eigenvalue weighted by Gasteiger charge is 2.09. The smallest absolute Gasteiger partial charge is 0.0696 e. The molecule has 74 valence electrons. The van der Waals surface area contributed by atoms with Crippen LogP contribution in [0.5, 0.6) is 0 Å². The predicted octanol–water partition coefficient (Wildman–Crippen LogP) is 3.89. The van der Waals surface area contributed by atoms with E-state index in [2.05, 4.69) is 15.9 Å². The molecule has 0 aliphatic rings. The first-order valence-corrected chi connectivity index (χ1v) is 6.33. The second-order valence-electron chi connectivity index (χ2n) is 2.96. The van der Waals surface area contributed by atoms with Gasteiger partial charge in [-0.25, -0.2) is 0 Å². The molecule has 0 radical (unpaired) electrons. The number of aliphatic hydroxyl groups is 1. The summed E-state index contributed by atoms with van der Waals surface area (Å²) in [6, 6.07) is 3.99. The fraction of sp³-hybridized carbons (Fsp3) is 0.200. The van der Waals surface area contributed by atoms with Crippen molar-refractivity contribution in [3.63, 3.8) is 0 Å². The zero-order valence-corrected chi connectivity index (χ0v) is 10.4. The molecule has 0 saturated carbocycles. The average molecular weight is 292 g/mol. The molecule has 0 amide bonds. The SMILES string of the molecule is OCc1csc2c(CCl)c(Br)ccc12. The van der Waals surface area contributed by atoms with Gasteiger partial charge in [0.25, 0.3) is 0 Å². The molecule has 1 N–H and O–H groups in total. The number of thiophene rings is 1. The number of rotatable bonds is 2. The molecule has 0 saturated heterocycles. The van der Waals surface area contributed by atoms with Crippen molar-refractivity contribution in [3.05, 3.63) is 33.1 Å². The lowest BCUT2D eigenvalue weighted by Gasteiger charge is -2.02. The summed E-state index contributed by atoms with van der Waals surface area (Å²) < 4.78 is 2.20. The Labute approximate surface area is 99.4 Å². The molecule has 1 nitrogen and oxygen atoms in total. The molecule has 0 aliphatic carbocycles. The van der Waals surface area contributed by atoms with Crippen LogP contribution in [-0.4, -0.2) is 5.11 Å². The number of hydrogen-bond donors (Lipinski definition) is 1. The van der Waals surface area contributed by atoms with Gasteiger partial charge in [0.2, 0.25) is 0 Å². The maximum atomic E-state index is 9.12. The van der Waals surface area contributed by atoms with Gasteiger partial charge in [0, 0.05) is 15.1 Å². The Balaban J connectivity index is 2.76. The van der Waals surface area contributed by atoms with Crippen LogP contribution in [0.1, 0.15) is 11.1 Å². The van der Waals surface area contributed by atoms with E-state index in [4.69, 9.17) is 16.7 Å². The van der Waals surface area contributed by atoms with Gasteiger partial charge in [-0.05, 0) is 28.0 Å². The first-order chi connectivity index (χ1) is 6.77. The van der Waals surface area contributed by atoms with Gasteiger partial charge in [0.15, 0.2) is 0 Å². The normalized spacial score (nSPS) is 11.1. The number of halogens is 2. The van der Waals surface area contributed by atoms with Crippen molar-refractivity contribution in [2.45, 2.75) is 12.5 Å². The predicted molar refractivity (Wildman–Crippen MR) is 65.0 cm³/mol. The van der Waals surface area contributed by atoms with E-state index < -0.39 is 0 Å². The molecule has 1 heterocycles. The van der Waals surface area contributed by atoms with Crippen molar-refractivity contribution in [3.8, 4) is 0 Å². The Morgan fingerprint density at radius 3 is 2.86 bits per heavy atom. The quantitative estimate of drug-likeness (QED) is 0.832. The molecule has 0 aliphatic heterocycles. The Bertz CT molecular complexity index is 466. The second kappa shape index (κ2) is 4.19. The summed E-state index contributed by atoms with van der Waals surface area (Å²) in [4.78, 5) is 0. The fourth-order valence-electron chi connectivity index (χ4n) is 1.43. The third-order valence-electron chi connectivity index (χ3n) is 2.17. The minimum Gasteiger partial charge on any atom is -0.392 e. The van der Waals surface area contributed by atoms with E-state index in [-0.39, 0.29) is 6.61 Å². The van der Waals surface area contributed by atoms with E-state index in [1.807, 2.05) is 17.5 Å². The Morgan fingerprint density at radius 1 is 1.43 bits per heavy atom. The van der Waals surface area contributed by atoms with E-state index in [0.717, 1.165) is 21.0 Å². The van der Waals surface area contributed by atoms with Gasteiger partial charge in [-0.2, -0.15) is 0 Å². The second-order valence-corrected chi connectivity index (χ2v) is 4.96. The maximum Gasteiger partial charge on any atom is 0.0696 e. The third kappa shape index (κ3) is 1.58. The van der Waals surface area contributed by atoms with Crippen LogP contribution in [-0.2, 0) is 12.5 Å². The highest BCUT2D eigenvalue weighted by molar-refractivity contribution is 9.10. The summed E-state index contributed by atoms with van der Waals surface area (Å²) in [5, 5.41) is 12.2. The van der Waals surface area contributed by atoms with Crippen LogP contribution in [0, 0.1) is 0 Å². The van der Waals surface area contributed by atoms with E-state index in [1.54, 1.807) is 11.3 Å². The monoisotopic (exact) mass is 290 g/mol. The summed E-state index contributed by atoms with van der Waals surface area (Å²) in [5.74, 6) is 0.489. The standard InChI is InChI=1S/C10H8BrClOS/c11-9-2-1-7-6(4-13)5-14-10(7)8(9)3-12/h1-2,5,13H,3-4H2. The zero-order chi connectivity index (χ0) is 10.1. The minimum absolute atomic E-state index is 0.0867. The molecule has 14 heavy (non-hydrogen) atoms. The molecule has 0 bridgehead atoms. The van der Waals surface area contributed by atoms with Gasteiger partial charge in [-0.1, -0.05) is 22.0 Å². The summed E-state index contributed by atoms with van der Waals surface area (Å²) in [6.45, 7) is 0.0867. The van der Waals surface area contributed by atoms with E-state index in [9.17, 15) is 0 Å². The van der Waals surface area contributed by atoms with Crippen LogP contribution >= 0.6 is 38.9 Å². The van der Waals surface area contributed by atoms with Crippen LogP contribution in [0.4, 0.5) is 0 Å². The van der Waals surface area contributed by atoms with E-state index >= 15 is 0 Å². The highest BCUT2D eigenvalue weighted by atomic mass is 79.9. The summed E-state index contributed by atoms with van der Waals surface area (Å²) in [6.07, 6.45) is 0. The zero-order valence-electron chi connectivity index (χ0n) is 7.26. The minimum atomic E-state index is 0.0867. The van der Waals surface area contributed by atoms with Crippen molar-refractivity contribution in [1.29, 1.82) is 0 Å². The number of fused-ring (bicyclic) bond motifs is 1. The Hall–Kier alpha value is -0.0900. The van der Waals surface area contributed by atoms with Crippen molar-refractivity contribution < 1.29 is 5.11 Å². The van der Waals surface area contributed by atoms with Gasteiger partial charge < -0.3 is 5.11 Å². The third-order valence-corrected chi connectivity index (χ3v) is 4.29. The average Bonchev–Trinajstić information content (AvgIpc) is 2.60. The first kappa shape index (κ1) is 10.4. The fourth-order valence-corrected chi connectivity index (χ4v) is 3.66. The largest absolute Gasteiger partial charge is 0.392 e. The van der Waals surface area contributed by atoms with Crippen LogP contribution in [0.2, 0.25) is 0 Å². The lowest BCUT2D eigenvalue weighted by Crippen LogP contribution is -1.83. The van der Waals surface area contributed by atoms with Gasteiger partial charge >= 0.3 is 0 Å². The number of alkyl halides is 1. The highest BCUT2D eigenvalue weighted by Crippen LogP contribution is 2.34. The molecular weight excluding hydrogens is 284 g/mol. The maximum absolute atomic E-state index is 9.12. The summed E-state index contributed by atoms with van der Waals surface area (Å²) in [7, 11) is 0. The van der Waals surface area contributed by atoms with Crippen LogP contribution in [0.15, 0.2) is 22.0 Å². The topological polar surface area (TPSA) is 20.2 Å². The number of hydrogen-bond acceptors (Lipinski definition) is 2. The Morgan fingerprint density at radius 2 is 2.21 bits per heavy atom. The van der Waals surface area contributed by atoms with Crippen LogP contribution < -0.4 is 0 Å². The van der Waals surface area contributed by atoms with Crippen LogP contribution in [0.25, 0.3) is 10.1 Å². The molecule has 0 atom stereocenters. The molecule has 2 rings (SSSR count). The Kier molecular flexibility index (Phi) is 3.12. The molecule has 2 aromatic rings. The van der Waals surface area contributed by atoms with Crippen molar-refractivity contribution in [1.82, 2.24) is 0 Å². The lowest BCUT2D eigenvalue weighted by atomic mass is 10.1. The van der Waals surface area contributed by atoms with Gasteiger partial charge in [0.1, 0.15) is 0 Å². The van der Waals surface area contributed by atoms with Gasteiger partial charge in [-0.3, -0.25) is 0 Å². The molecular formula is C10H8BrClOS. The molecule has 4 heteroatoms.